The molecule has 1 N–H and O–H groups in total. The van der Waals surface area contributed by atoms with Crippen molar-refractivity contribution in [2.75, 3.05) is 34.2 Å². The Bertz CT molecular complexity index is 1050. The van der Waals surface area contributed by atoms with Crippen LogP contribution in [0.4, 0.5) is 0 Å². The van der Waals surface area contributed by atoms with Crippen molar-refractivity contribution in [1.29, 1.82) is 0 Å². The van der Waals surface area contributed by atoms with Crippen LogP contribution in [0, 0.1) is 0 Å². The van der Waals surface area contributed by atoms with Gasteiger partial charge in [-0.25, -0.2) is 0 Å². The topological polar surface area (TPSA) is 105 Å². The van der Waals surface area contributed by atoms with Crippen molar-refractivity contribution in [3.05, 3.63) is 36.4 Å². The van der Waals surface area contributed by atoms with Gasteiger partial charge in [-0.1, -0.05) is 11.8 Å². The van der Waals surface area contributed by atoms with Crippen LogP contribution in [0.15, 0.2) is 41.6 Å². The Kier molecular flexibility index (Phi) is 6.68. The molecule has 3 rings (SSSR count). The van der Waals surface area contributed by atoms with Crippen molar-refractivity contribution < 1.29 is 28.8 Å². The Morgan fingerprint density at radius 3 is 2.30 bits per heavy atom. The number of hydrogen-bond donors (Lipinski definition) is 1. The predicted octanol–water partition coefficient (Wildman–Crippen LogP) is 3.15. The minimum Gasteiger partial charge on any atom is -0.497 e. The van der Waals surface area contributed by atoms with E-state index in [0.29, 0.717) is 45.2 Å². The number of methoxy groups -OCH3 is 4. The van der Waals surface area contributed by atoms with Crippen molar-refractivity contribution in [2.24, 2.45) is 0 Å². The summed E-state index contributed by atoms with van der Waals surface area (Å²) in [7, 11) is 6.22. The second-order valence-electron chi connectivity index (χ2n) is 5.93. The molecule has 9 nitrogen and oxygen atoms in total. The summed E-state index contributed by atoms with van der Waals surface area (Å²) in [4.78, 5) is 11.1. The summed E-state index contributed by atoms with van der Waals surface area (Å²) < 4.78 is 23.3. The quantitative estimate of drug-likeness (QED) is 0.512. The third-order valence-electron chi connectivity index (χ3n) is 4.23. The zero-order chi connectivity index (χ0) is 21.7. The molecule has 0 saturated heterocycles. The highest BCUT2D eigenvalue weighted by Crippen LogP contribution is 2.37. The molecule has 0 aliphatic rings. The van der Waals surface area contributed by atoms with Crippen LogP contribution >= 0.6 is 11.8 Å². The number of nitrogens with zero attached hydrogens (tertiary/aromatic N) is 3. The molecule has 30 heavy (non-hydrogen) atoms. The fourth-order valence-electron chi connectivity index (χ4n) is 2.84. The Labute approximate surface area is 177 Å². The van der Waals surface area contributed by atoms with Gasteiger partial charge in [-0.3, -0.25) is 9.36 Å². The number of ether oxygens (including phenoxy) is 4. The molecule has 0 saturated carbocycles. The SMILES string of the molecule is COc1ccc(-n2c(SCC(=O)O)nnc2-c2ccc(OC)c(OC)c2)c(OC)c1. The van der Waals surface area contributed by atoms with Gasteiger partial charge in [0.2, 0.25) is 0 Å². The lowest BCUT2D eigenvalue weighted by atomic mass is 10.1. The number of hydrogen-bond acceptors (Lipinski definition) is 8. The van der Waals surface area contributed by atoms with Crippen molar-refractivity contribution >= 4 is 17.7 Å². The number of aliphatic carboxylic acids is 1. The van der Waals surface area contributed by atoms with Gasteiger partial charge in [-0.15, -0.1) is 10.2 Å². The molecule has 1 heterocycles. The maximum atomic E-state index is 11.1. The Balaban J connectivity index is 2.20. The summed E-state index contributed by atoms with van der Waals surface area (Å²) in [5, 5.41) is 18.0. The summed E-state index contributed by atoms with van der Waals surface area (Å²) >= 11 is 1.06. The van der Waals surface area contributed by atoms with Crippen molar-refractivity contribution in [3.63, 3.8) is 0 Å². The van der Waals surface area contributed by atoms with Gasteiger partial charge in [0.1, 0.15) is 11.5 Å². The second kappa shape index (κ2) is 9.40. The molecule has 0 aliphatic heterocycles. The van der Waals surface area contributed by atoms with Crippen molar-refractivity contribution in [2.45, 2.75) is 5.16 Å². The van der Waals surface area contributed by atoms with Gasteiger partial charge in [-0.05, 0) is 30.3 Å². The van der Waals surface area contributed by atoms with Gasteiger partial charge in [-0.2, -0.15) is 0 Å². The summed E-state index contributed by atoms with van der Waals surface area (Å²) in [6.45, 7) is 0. The van der Waals surface area contributed by atoms with E-state index >= 15 is 0 Å². The molecular weight excluding hydrogens is 410 g/mol. The number of carboxylic acid groups (broad SMARTS) is 1. The molecule has 0 amide bonds. The molecule has 0 radical (unpaired) electrons. The molecule has 158 valence electrons. The Morgan fingerprint density at radius 1 is 0.933 bits per heavy atom. The van der Waals surface area contributed by atoms with E-state index in [4.69, 9.17) is 24.1 Å². The highest BCUT2D eigenvalue weighted by molar-refractivity contribution is 7.99. The first-order valence-electron chi connectivity index (χ1n) is 8.77. The number of benzene rings is 2. The molecule has 0 unspecified atom stereocenters. The molecule has 0 aliphatic carbocycles. The largest absolute Gasteiger partial charge is 0.497 e. The van der Waals surface area contributed by atoms with E-state index in [1.807, 2.05) is 6.07 Å². The minimum atomic E-state index is -0.955. The molecular formula is C20H21N3O6S. The highest BCUT2D eigenvalue weighted by Gasteiger charge is 2.21. The van der Waals surface area contributed by atoms with Gasteiger partial charge < -0.3 is 24.1 Å². The normalized spacial score (nSPS) is 10.5. The van der Waals surface area contributed by atoms with Gasteiger partial charge in [0.05, 0.1) is 39.9 Å². The maximum Gasteiger partial charge on any atom is 0.313 e. The van der Waals surface area contributed by atoms with Gasteiger partial charge in [0, 0.05) is 11.6 Å². The molecule has 10 heteroatoms. The highest BCUT2D eigenvalue weighted by atomic mass is 32.2. The van der Waals surface area contributed by atoms with Crippen LogP contribution in [0.25, 0.3) is 17.1 Å². The van der Waals surface area contributed by atoms with E-state index in [-0.39, 0.29) is 5.75 Å². The van der Waals surface area contributed by atoms with Crippen molar-refractivity contribution in [3.8, 4) is 40.1 Å². The number of aromatic nitrogens is 3. The number of carboxylic acids is 1. The van der Waals surface area contributed by atoms with Gasteiger partial charge >= 0.3 is 5.97 Å². The van der Waals surface area contributed by atoms with E-state index in [1.54, 1.807) is 63.3 Å². The monoisotopic (exact) mass is 431 g/mol. The van der Waals surface area contributed by atoms with Crippen LogP contribution in [0.5, 0.6) is 23.0 Å². The first-order valence-corrected chi connectivity index (χ1v) is 9.75. The first-order chi connectivity index (χ1) is 14.5. The number of carbonyl (C=O) groups is 1. The average Bonchev–Trinajstić information content (AvgIpc) is 3.20. The smallest absolute Gasteiger partial charge is 0.313 e. The number of thioether (sulfide) groups is 1. The van der Waals surface area contributed by atoms with E-state index in [2.05, 4.69) is 10.2 Å². The fourth-order valence-corrected chi connectivity index (χ4v) is 3.50. The maximum absolute atomic E-state index is 11.1. The molecule has 2 aromatic carbocycles. The predicted molar refractivity (Wildman–Crippen MR) is 111 cm³/mol. The summed E-state index contributed by atoms with van der Waals surface area (Å²) in [5.74, 6) is 1.63. The Hall–Kier alpha value is -3.40. The second-order valence-corrected chi connectivity index (χ2v) is 6.87. The lowest BCUT2D eigenvalue weighted by Gasteiger charge is -2.15. The third kappa shape index (κ3) is 4.28. The van der Waals surface area contributed by atoms with Crippen LogP contribution in [0.2, 0.25) is 0 Å². The van der Waals surface area contributed by atoms with Gasteiger partial charge in [0.15, 0.2) is 22.5 Å². The lowest BCUT2D eigenvalue weighted by Crippen LogP contribution is -2.05. The van der Waals surface area contributed by atoms with E-state index in [0.717, 1.165) is 11.8 Å². The van der Waals surface area contributed by atoms with Crippen LogP contribution in [-0.2, 0) is 4.79 Å². The van der Waals surface area contributed by atoms with Crippen LogP contribution in [-0.4, -0.2) is 60.0 Å². The first kappa shape index (κ1) is 21.3. The molecule has 3 aromatic rings. The molecule has 0 atom stereocenters. The van der Waals surface area contributed by atoms with Crippen LogP contribution in [0.3, 0.4) is 0 Å². The van der Waals surface area contributed by atoms with E-state index in [1.165, 1.54) is 0 Å². The summed E-state index contributed by atoms with van der Waals surface area (Å²) in [5.41, 5.74) is 1.35. The zero-order valence-electron chi connectivity index (χ0n) is 16.9. The molecule has 0 spiro atoms. The van der Waals surface area contributed by atoms with Crippen LogP contribution < -0.4 is 18.9 Å². The average molecular weight is 431 g/mol. The standard InChI is InChI=1S/C20H21N3O6S/c1-26-13-6-7-14(16(10-13)28-3)23-19(21-22-20(23)30-11-18(24)25)12-5-8-15(27-2)17(9-12)29-4/h5-10H,11H2,1-4H3,(H,24,25). The molecule has 1 aromatic heterocycles. The van der Waals surface area contributed by atoms with Crippen molar-refractivity contribution in [1.82, 2.24) is 14.8 Å². The minimum absolute atomic E-state index is 0.164. The van der Waals surface area contributed by atoms with Gasteiger partial charge in [0.25, 0.3) is 0 Å². The lowest BCUT2D eigenvalue weighted by molar-refractivity contribution is -0.133. The van der Waals surface area contributed by atoms with E-state index in [9.17, 15) is 4.79 Å². The van der Waals surface area contributed by atoms with E-state index < -0.39 is 5.97 Å². The Morgan fingerprint density at radius 2 is 1.67 bits per heavy atom. The fraction of sp³-hybridized carbons (Fsp3) is 0.250. The number of rotatable bonds is 9. The summed E-state index contributed by atoms with van der Waals surface area (Å²) in [6, 6.07) is 10.7. The summed E-state index contributed by atoms with van der Waals surface area (Å²) in [6.07, 6.45) is 0. The third-order valence-corrected chi connectivity index (χ3v) is 5.14. The zero-order valence-corrected chi connectivity index (χ0v) is 17.7. The molecule has 0 fully saturated rings. The molecule has 0 bridgehead atoms. The van der Waals surface area contributed by atoms with Crippen LogP contribution in [0.1, 0.15) is 0 Å².